The molecule has 0 unspecified atom stereocenters. The highest BCUT2D eigenvalue weighted by atomic mass is 35.5. The predicted octanol–water partition coefficient (Wildman–Crippen LogP) is 6.84. The Balaban J connectivity index is 1.39. The Morgan fingerprint density at radius 2 is 1.54 bits per heavy atom. The number of hydrogen-bond acceptors (Lipinski definition) is 7. The summed E-state index contributed by atoms with van der Waals surface area (Å²) in [4.78, 5) is 29.0. The minimum atomic E-state index is -3.81. The van der Waals surface area contributed by atoms with Crippen molar-refractivity contribution in [3.8, 4) is 0 Å². The smallest absolute Gasteiger partial charge is 0.278 e. The summed E-state index contributed by atoms with van der Waals surface area (Å²) in [7, 11) is -3.81. The Morgan fingerprint density at radius 3 is 2.15 bits per heavy atom. The van der Waals surface area contributed by atoms with Gasteiger partial charge in [-0.05, 0) is 84.3 Å². The van der Waals surface area contributed by atoms with Crippen LogP contribution in [0.15, 0.2) is 116 Å². The second kappa shape index (κ2) is 11.9. The molecule has 2 N–H and O–H groups in total. The molecule has 1 aliphatic heterocycles. The van der Waals surface area contributed by atoms with Crippen molar-refractivity contribution in [3.63, 3.8) is 0 Å². The van der Waals surface area contributed by atoms with Crippen molar-refractivity contribution in [1.29, 1.82) is 0 Å². The molecule has 210 valence electrons. The Kier molecular flexibility index (Phi) is 8.25. The maximum Gasteiger partial charge on any atom is 0.278 e. The third kappa shape index (κ3) is 6.51. The highest BCUT2D eigenvalue weighted by Crippen LogP contribution is 2.37. The number of hydrogen-bond donors (Lipinski definition) is 2. The summed E-state index contributed by atoms with van der Waals surface area (Å²) in [6.45, 7) is 4.19. The summed E-state index contributed by atoms with van der Waals surface area (Å²) in [5.74, 6) is -0.0817. The molecule has 41 heavy (non-hydrogen) atoms. The van der Waals surface area contributed by atoms with Crippen LogP contribution in [0.3, 0.4) is 0 Å². The van der Waals surface area contributed by atoms with Gasteiger partial charge in [0.1, 0.15) is 16.4 Å². The lowest BCUT2D eigenvalue weighted by Crippen LogP contribution is -2.31. The highest BCUT2D eigenvalue weighted by Gasteiger charge is 2.39. The monoisotopic (exact) mass is 607 g/mol. The molecule has 2 amide bonds. The fourth-order valence-corrected chi connectivity index (χ4v) is 6.22. The molecule has 2 heterocycles. The number of halogens is 1. The standard InChI is InChI=1S/C30H26ClN3O5S2/c1-19(2)20-5-9-22(10-6-20)32-27-28(30(36)34(29(27)35)18-24-4-3-17-39-24)40-25-13-11-23(12-14-25)33-41(37,38)26-15-7-21(31)8-16-26/h3-17,19,32-33H,18H2,1-2H3. The molecule has 0 saturated carbocycles. The molecule has 0 fully saturated rings. The van der Waals surface area contributed by atoms with E-state index in [1.807, 2.05) is 24.3 Å². The molecule has 0 aliphatic carbocycles. The molecule has 0 bridgehead atoms. The third-order valence-electron chi connectivity index (χ3n) is 6.32. The lowest BCUT2D eigenvalue weighted by molar-refractivity contribution is -0.138. The second-order valence-corrected chi connectivity index (χ2v) is 12.8. The number of carbonyl (C=O) groups is 2. The van der Waals surface area contributed by atoms with Gasteiger partial charge in [-0.15, -0.1) is 0 Å². The van der Waals surface area contributed by atoms with Gasteiger partial charge in [0.05, 0.1) is 17.7 Å². The Morgan fingerprint density at radius 1 is 0.878 bits per heavy atom. The van der Waals surface area contributed by atoms with Gasteiger partial charge in [-0.3, -0.25) is 19.2 Å². The van der Waals surface area contributed by atoms with E-state index in [1.165, 1.54) is 30.5 Å². The number of carbonyl (C=O) groups excluding carboxylic acids is 2. The first kappa shape index (κ1) is 28.5. The maximum atomic E-state index is 13.5. The number of anilines is 2. The number of furan rings is 1. The minimum absolute atomic E-state index is 0.00237. The molecular weight excluding hydrogens is 582 g/mol. The minimum Gasteiger partial charge on any atom is -0.467 e. The quantitative estimate of drug-likeness (QED) is 0.190. The van der Waals surface area contributed by atoms with Crippen LogP contribution in [0.25, 0.3) is 0 Å². The highest BCUT2D eigenvalue weighted by molar-refractivity contribution is 8.04. The summed E-state index contributed by atoms with van der Waals surface area (Å²) >= 11 is 6.99. The van der Waals surface area contributed by atoms with E-state index in [0.717, 1.165) is 22.2 Å². The van der Waals surface area contributed by atoms with Gasteiger partial charge in [-0.25, -0.2) is 8.42 Å². The Labute approximate surface area is 247 Å². The van der Waals surface area contributed by atoms with E-state index in [0.29, 0.717) is 33.0 Å². The van der Waals surface area contributed by atoms with Crippen molar-refractivity contribution in [3.05, 3.63) is 118 Å². The van der Waals surface area contributed by atoms with Gasteiger partial charge in [0, 0.05) is 21.3 Å². The van der Waals surface area contributed by atoms with E-state index < -0.39 is 21.8 Å². The third-order valence-corrected chi connectivity index (χ3v) is 9.06. The molecule has 1 aliphatic rings. The van der Waals surface area contributed by atoms with Crippen LogP contribution in [-0.4, -0.2) is 25.1 Å². The zero-order valence-electron chi connectivity index (χ0n) is 22.1. The van der Waals surface area contributed by atoms with Crippen LogP contribution in [0.4, 0.5) is 11.4 Å². The van der Waals surface area contributed by atoms with Gasteiger partial charge in [-0.1, -0.05) is 49.3 Å². The molecule has 3 aromatic carbocycles. The lowest BCUT2D eigenvalue weighted by Gasteiger charge is -2.14. The van der Waals surface area contributed by atoms with E-state index in [1.54, 1.807) is 36.4 Å². The van der Waals surface area contributed by atoms with Gasteiger partial charge >= 0.3 is 0 Å². The van der Waals surface area contributed by atoms with Gasteiger partial charge < -0.3 is 9.73 Å². The van der Waals surface area contributed by atoms with E-state index in [-0.39, 0.29) is 22.0 Å². The van der Waals surface area contributed by atoms with Crippen LogP contribution >= 0.6 is 23.4 Å². The molecule has 0 atom stereocenters. The van der Waals surface area contributed by atoms with E-state index in [2.05, 4.69) is 23.9 Å². The zero-order chi connectivity index (χ0) is 29.1. The molecule has 0 saturated heterocycles. The first-order chi connectivity index (χ1) is 19.6. The maximum absolute atomic E-state index is 13.5. The fourth-order valence-electron chi connectivity index (χ4n) is 4.09. The largest absolute Gasteiger partial charge is 0.467 e. The Bertz CT molecular complexity index is 1700. The zero-order valence-corrected chi connectivity index (χ0v) is 24.5. The number of amides is 2. The SMILES string of the molecule is CC(C)c1ccc(NC2=C(Sc3ccc(NS(=O)(=O)c4ccc(Cl)cc4)cc3)C(=O)N(Cc3ccco3)C2=O)cc1. The van der Waals surface area contributed by atoms with Crippen molar-refractivity contribution in [2.24, 2.45) is 0 Å². The predicted molar refractivity (Wildman–Crippen MR) is 160 cm³/mol. The van der Waals surface area contributed by atoms with E-state index in [4.69, 9.17) is 16.0 Å². The lowest BCUT2D eigenvalue weighted by atomic mass is 10.0. The summed E-state index contributed by atoms with van der Waals surface area (Å²) < 4.78 is 33.4. The summed E-state index contributed by atoms with van der Waals surface area (Å²) in [6, 6.07) is 23.5. The van der Waals surface area contributed by atoms with Gasteiger partial charge in [0.2, 0.25) is 0 Å². The topological polar surface area (TPSA) is 109 Å². The van der Waals surface area contributed by atoms with Crippen molar-refractivity contribution >= 4 is 56.6 Å². The van der Waals surface area contributed by atoms with Crippen molar-refractivity contribution < 1.29 is 22.4 Å². The van der Waals surface area contributed by atoms with E-state index in [9.17, 15) is 18.0 Å². The van der Waals surface area contributed by atoms with Crippen LogP contribution in [0.2, 0.25) is 5.02 Å². The normalized spacial score (nSPS) is 13.8. The number of benzene rings is 3. The number of imide groups is 1. The van der Waals surface area contributed by atoms with Crippen LogP contribution in [-0.2, 0) is 26.2 Å². The van der Waals surface area contributed by atoms with Crippen LogP contribution < -0.4 is 10.0 Å². The molecular formula is C30H26ClN3O5S2. The molecule has 11 heteroatoms. The molecule has 1 aromatic heterocycles. The van der Waals surface area contributed by atoms with Crippen LogP contribution in [0.5, 0.6) is 0 Å². The summed E-state index contributed by atoms with van der Waals surface area (Å²) in [6.07, 6.45) is 1.49. The van der Waals surface area contributed by atoms with Gasteiger partial charge in [0.25, 0.3) is 21.8 Å². The average Bonchev–Trinajstić information content (AvgIpc) is 3.54. The first-order valence-corrected chi connectivity index (χ1v) is 15.3. The number of sulfonamides is 1. The summed E-state index contributed by atoms with van der Waals surface area (Å²) in [5.41, 5.74) is 2.33. The number of thioether (sulfide) groups is 1. The van der Waals surface area contributed by atoms with Gasteiger partial charge in [0.15, 0.2) is 0 Å². The number of nitrogens with one attached hydrogen (secondary N) is 2. The molecule has 0 radical (unpaired) electrons. The molecule has 4 aromatic rings. The first-order valence-electron chi connectivity index (χ1n) is 12.7. The van der Waals surface area contributed by atoms with Crippen molar-refractivity contribution in [2.45, 2.75) is 36.1 Å². The van der Waals surface area contributed by atoms with Crippen molar-refractivity contribution in [1.82, 2.24) is 4.90 Å². The summed E-state index contributed by atoms with van der Waals surface area (Å²) in [5, 5.41) is 3.58. The molecule has 0 spiro atoms. The number of nitrogens with zero attached hydrogens (tertiary/aromatic N) is 1. The van der Waals surface area contributed by atoms with Crippen molar-refractivity contribution in [2.75, 3.05) is 10.0 Å². The molecule has 8 nitrogen and oxygen atoms in total. The Hall–Kier alpha value is -3.99. The van der Waals surface area contributed by atoms with Gasteiger partial charge in [-0.2, -0.15) is 0 Å². The van der Waals surface area contributed by atoms with Crippen LogP contribution in [0.1, 0.15) is 31.1 Å². The average molecular weight is 608 g/mol. The fraction of sp³-hybridized carbons (Fsp3) is 0.133. The second-order valence-electron chi connectivity index (χ2n) is 9.57. The number of rotatable bonds is 10. The molecule has 5 rings (SSSR count). The van der Waals surface area contributed by atoms with Crippen LogP contribution in [0, 0.1) is 0 Å². The van der Waals surface area contributed by atoms with E-state index >= 15 is 0 Å².